The third-order valence-electron chi connectivity index (χ3n) is 11.1. The Kier molecular flexibility index (Phi) is 28.6. The highest BCUT2D eigenvalue weighted by Gasteiger charge is 2.15. The molecule has 0 bridgehead atoms. The van der Waals surface area contributed by atoms with Gasteiger partial charge in [-0.15, -0.1) is 0 Å². The Morgan fingerprint density at radius 2 is 0.545 bits per heavy atom. The fraction of sp³-hybridized carbons (Fsp3) is 0.977. The average Bonchev–Trinajstić information content (AvgIpc) is 2.94. The van der Waals surface area contributed by atoms with Gasteiger partial charge in [-0.3, -0.25) is 0 Å². The van der Waals surface area contributed by atoms with Crippen LogP contribution < -0.4 is 0 Å². The van der Waals surface area contributed by atoms with Crippen LogP contribution in [0.2, 0.25) is 0 Å². The second-order valence-electron chi connectivity index (χ2n) is 17.4. The van der Waals surface area contributed by atoms with Crippen molar-refractivity contribution in [2.24, 2.45) is 53.3 Å². The van der Waals surface area contributed by atoms with E-state index in [9.17, 15) is 4.79 Å². The Morgan fingerprint density at radius 3 is 0.773 bits per heavy atom. The molecule has 0 heterocycles. The van der Waals surface area contributed by atoms with Crippen molar-refractivity contribution in [2.75, 3.05) is 0 Å². The molecule has 0 aromatic carbocycles. The average molecular weight is 619 g/mol. The van der Waals surface area contributed by atoms with Crippen LogP contribution in [0.5, 0.6) is 0 Å². The van der Waals surface area contributed by atoms with Crippen LogP contribution in [0.4, 0.5) is 0 Å². The summed E-state index contributed by atoms with van der Waals surface area (Å²) < 4.78 is 0. The molecule has 0 amide bonds. The van der Waals surface area contributed by atoms with Crippen LogP contribution in [0.3, 0.4) is 0 Å². The molecule has 0 N–H and O–H groups in total. The molecule has 0 aliphatic rings. The topological polar surface area (TPSA) is 17.1 Å². The maximum atomic E-state index is 11.4. The first kappa shape index (κ1) is 43.7. The molecule has 0 radical (unpaired) electrons. The minimum Gasteiger partial charge on any atom is -0.303 e. The van der Waals surface area contributed by atoms with E-state index in [4.69, 9.17) is 0 Å². The summed E-state index contributed by atoms with van der Waals surface area (Å²) in [7, 11) is 0. The van der Waals surface area contributed by atoms with E-state index in [0.29, 0.717) is 5.92 Å². The van der Waals surface area contributed by atoms with Crippen molar-refractivity contribution < 1.29 is 4.79 Å². The predicted octanol–water partition coefficient (Wildman–Crippen LogP) is 14.9. The Hall–Kier alpha value is -0.330. The molecular weight excluding hydrogens is 532 g/mol. The second-order valence-corrected chi connectivity index (χ2v) is 17.4. The Labute approximate surface area is 280 Å². The fourth-order valence-corrected chi connectivity index (χ4v) is 7.43. The summed E-state index contributed by atoms with van der Waals surface area (Å²) in [6, 6.07) is 0. The summed E-state index contributed by atoms with van der Waals surface area (Å²) in [5, 5.41) is 0. The van der Waals surface area contributed by atoms with Crippen molar-refractivity contribution in [3.05, 3.63) is 0 Å². The third kappa shape index (κ3) is 29.1. The largest absolute Gasteiger partial charge is 0.303 e. The van der Waals surface area contributed by atoms with Crippen molar-refractivity contribution in [3.8, 4) is 0 Å². The molecule has 0 saturated heterocycles. The van der Waals surface area contributed by atoms with E-state index in [-0.39, 0.29) is 0 Å². The van der Waals surface area contributed by atoms with Gasteiger partial charge in [0.25, 0.3) is 0 Å². The number of hydrogen-bond donors (Lipinski definition) is 0. The third-order valence-corrected chi connectivity index (χ3v) is 11.1. The van der Waals surface area contributed by atoms with Gasteiger partial charge in [0.1, 0.15) is 6.29 Å². The van der Waals surface area contributed by atoms with Crippen molar-refractivity contribution in [1.29, 1.82) is 0 Å². The Morgan fingerprint density at radius 1 is 0.318 bits per heavy atom. The van der Waals surface area contributed by atoms with Crippen molar-refractivity contribution in [1.82, 2.24) is 0 Å². The molecule has 264 valence electrons. The number of aldehydes is 1. The lowest BCUT2D eigenvalue weighted by Crippen LogP contribution is -2.08. The minimum atomic E-state index is 0.611. The molecule has 0 aromatic rings. The van der Waals surface area contributed by atoms with E-state index in [1.807, 2.05) is 0 Å². The summed E-state index contributed by atoms with van der Waals surface area (Å²) in [5.74, 6) is 7.51. The molecular formula is C43H86O. The van der Waals surface area contributed by atoms with E-state index in [2.05, 4.69) is 69.2 Å². The highest BCUT2D eigenvalue weighted by atomic mass is 16.1. The maximum absolute atomic E-state index is 11.4. The van der Waals surface area contributed by atoms with E-state index in [0.717, 1.165) is 53.8 Å². The Balaban J connectivity index is 3.97. The summed E-state index contributed by atoms with van der Waals surface area (Å²) in [4.78, 5) is 11.4. The number of carbonyl (C=O) groups is 1. The fourth-order valence-electron chi connectivity index (χ4n) is 7.43. The molecule has 0 aromatic heterocycles. The molecule has 6 atom stereocenters. The molecule has 1 nitrogen and oxygen atoms in total. The minimum absolute atomic E-state index is 0.611. The highest BCUT2D eigenvalue weighted by molar-refractivity contribution is 5.49. The SMILES string of the molecule is CC(C)CCCC(C)CCCC(C)CCCC(C)CCC(CC=O)CCC(C)CCCC(C)CCCC(C)CCCC(C)C. The van der Waals surface area contributed by atoms with Crippen LogP contribution >= 0.6 is 0 Å². The van der Waals surface area contributed by atoms with E-state index >= 15 is 0 Å². The van der Waals surface area contributed by atoms with Crippen LogP contribution in [0.15, 0.2) is 0 Å². The maximum Gasteiger partial charge on any atom is 0.120 e. The van der Waals surface area contributed by atoms with Gasteiger partial charge < -0.3 is 4.79 Å². The van der Waals surface area contributed by atoms with E-state index < -0.39 is 0 Å². The van der Waals surface area contributed by atoms with Gasteiger partial charge in [0.05, 0.1) is 0 Å². The molecule has 0 aliphatic carbocycles. The molecule has 1 heteroatoms. The van der Waals surface area contributed by atoms with Crippen molar-refractivity contribution in [3.63, 3.8) is 0 Å². The normalized spacial score (nSPS) is 17.0. The number of carbonyl (C=O) groups excluding carboxylic acids is 1. The van der Waals surface area contributed by atoms with Gasteiger partial charge in [-0.2, -0.15) is 0 Å². The monoisotopic (exact) mass is 619 g/mol. The van der Waals surface area contributed by atoms with Gasteiger partial charge in [-0.25, -0.2) is 0 Å². The molecule has 0 aliphatic heterocycles. The highest BCUT2D eigenvalue weighted by Crippen LogP contribution is 2.28. The number of rotatable bonds is 32. The van der Waals surface area contributed by atoms with Gasteiger partial charge in [-0.1, -0.05) is 198 Å². The second kappa shape index (κ2) is 28.9. The first-order valence-electron chi connectivity index (χ1n) is 20.4. The zero-order chi connectivity index (χ0) is 33.2. The summed E-state index contributed by atoms with van der Waals surface area (Å²) >= 11 is 0. The molecule has 6 unspecified atom stereocenters. The standard InChI is InChI=1S/C43H86O/c1-35(2)17-11-19-37(5)21-13-23-39(7)25-15-27-41(9)29-31-43(33-34-44)32-30-42(10)28-16-26-40(8)24-14-22-38(6)20-12-18-36(3)4/h34-43H,11-33H2,1-10H3. The summed E-state index contributed by atoms with van der Waals surface area (Å²) in [5.41, 5.74) is 0. The summed E-state index contributed by atoms with van der Waals surface area (Å²) in [6.07, 6.45) is 32.4. The van der Waals surface area contributed by atoms with Crippen LogP contribution in [-0.2, 0) is 4.79 Å². The first-order chi connectivity index (χ1) is 20.9. The van der Waals surface area contributed by atoms with Crippen LogP contribution in [-0.4, -0.2) is 6.29 Å². The quantitative estimate of drug-likeness (QED) is 0.0685. The lowest BCUT2D eigenvalue weighted by molar-refractivity contribution is -0.108. The van der Waals surface area contributed by atoms with Gasteiger partial charge in [0.2, 0.25) is 0 Å². The van der Waals surface area contributed by atoms with Crippen LogP contribution in [0.25, 0.3) is 0 Å². The van der Waals surface area contributed by atoms with Crippen molar-refractivity contribution >= 4 is 6.29 Å². The van der Waals surface area contributed by atoms with Gasteiger partial charge in [-0.05, 0) is 66.1 Å². The molecule has 0 saturated carbocycles. The van der Waals surface area contributed by atoms with E-state index in [1.54, 1.807) is 0 Å². The smallest absolute Gasteiger partial charge is 0.120 e. The van der Waals surface area contributed by atoms with Gasteiger partial charge in [0, 0.05) is 6.42 Å². The van der Waals surface area contributed by atoms with Crippen LogP contribution in [0.1, 0.15) is 217 Å². The first-order valence-corrected chi connectivity index (χ1v) is 20.4. The van der Waals surface area contributed by atoms with Crippen LogP contribution in [0, 0.1) is 53.3 Å². The zero-order valence-corrected chi connectivity index (χ0v) is 32.4. The lowest BCUT2D eigenvalue weighted by Gasteiger charge is -2.20. The zero-order valence-electron chi connectivity index (χ0n) is 32.4. The summed E-state index contributed by atoms with van der Waals surface area (Å²) in [6.45, 7) is 24.2. The molecule has 0 rings (SSSR count). The molecule has 0 spiro atoms. The van der Waals surface area contributed by atoms with Gasteiger partial charge >= 0.3 is 0 Å². The number of hydrogen-bond acceptors (Lipinski definition) is 1. The molecule has 0 fully saturated rings. The van der Waals surface area contributed by atoms with Gasteiger partial charge in [0.15, 0.2) is 0 Å². The van der Waals surface area contributed by atoms with Crippen molar-refractivity contribution in [2.45, 2.75) is 217 Å². The van der Waals surface area contributed by atoms with E-state index in [1.165, 1.54) is 148 Å². The Bertz CT molecular complexity index is 560. The predicted molar refractivity (Wildman–Crippen MR) is 200 cm³/mol. The lowest BCUT2D eigenvalue weighted by atomic mass is 9.85. The molecule has 44 heavy (non-hydrogen) atoms.